The zero-order valence-electron chi connectivity index (χ0n) is 8.31. The van der Waals surface area contributed by atoms with Crippen molar-refractivity contribution in [3.05, 3.63) is 11.6 Å². The number of rotatable bonds is 1. The SMILES string of the molecule is CC(=O)C=C1CCC(C)(C)CC1. The second-order valence-corrected chi connectivity index (χ2v) is 4.58. The molecule has 1 saturated carbocycles. The lowest BCUT2D eigenvalue weighted by atomic mass is 9.75. The fraction of sp³-hybridized carbons (Fsp3) is 0.727. The van der Waals surface area contributed by atoms with Crippen LogP contribution in [-0.4, -0.2) is 5.78 Å². The molecule has 1 aliphatic carbocycles. The highest BCUT2D eigenvalue weighted by molar-refractivity contribution is 5.87. The van der Waals surface area contributed by atoms with Gasteiger partial charge in [0.1, 0.15) is 0 Å². The van der Waals surface area contributed by atoms with Gasteiger partial charge in [0.25, 0.3) is 0 Å². The highest BCUT2D eigenvalue weighted by Crippen LogP contribution is 2.37. The third kappa shape index (κ3) is 2.80. The molecule has 0 unspecified atom stereocenters. The molecule has 0 amide bonds. The summed E-state index contributed by atoms with van der Waals surface area (Å²) in [6, 6.07) is 0. The predicted octanol–water partition coefficient (Wildman–Crippen LogP) is 3.10. The monoisotopic (exact) mass is 166 g/mol. The van der Waals surface area contributed by atoms with Gasteiger partial charge < -0.3 is 0 Å². The first kappa shape index (κ1) is 9.50. The smallest absolute Gasteiger partial charge is 0.152 e. The number of allylic oxidation sites excluding steroid dienone is 2. The van der Waals surface area contributed by atoms with Crippen LogP contribution in [0.15, 0.2) is 11.6 Å². The minimum atomic E-state index is 0.199. The van der Waals surface area contributed by atoms with Gasteiger partial charge in [-0.25, -0.2) is 0 Å². The Morgan fingerprint density at radius 3 is 2.25 bits per heavy atom. The van der Waals surface area contributed by atoms with E-state index >= 15 is 0 Å². The van der Waals surface area contributed by atoms with Gasteiger partial charge in [0.05, 0.1) is 0 Å². The maximum Gasteiger partial charge on any atom is 0.152 e. The van der Waals surface area contributed by atoms with Gasteiger partial charge >= 0.3 is 0 Å². The van der Waals surface area contributed by atoms with Crippen LogP contribution in [0.3, 0.4) is 0 Å². The van der Waals surface area contributed by atoms with Gasteiger partial charge in [0.2, 0.25) is 0 Å². The Balaban J connectivity index is 2.52. The quantitative estimate of drug-likeness (QED) is 0.547. The first-order valence-electron chi connectivity index (χ1n) is 4.70. The van der Waals surface area contributed by atoms with Crippen LogP contribution in [0.5, 0.6) is 0 Å². The number of hydrogen-bond donors (Lipinski definition) is 0. The topological polar surface area (TPSA) is 17.1 Å². The van der Waals surface area contributed by atoms with Crippen molar-refractivity contribution in [3.8, 4) is 0 Å². The van der Waals surface area contributed by atoms with Crippen LogP contribution in [0.2, 0.25) is 0 Å². The second-order valence-electron chi connectivity index (χ2n) is 4.58. The van der Waals surface area contributed by atoms with Crippen molar-refractivity contribution in [1.82, 2.24) is 0 Å². The van der Waals surface area contributed by atoms with Crippen molar-refractivity contribution in [2.75, 3.05) is 0 Å². The van der Waals surface area contributed by atoms with Gasteiger partial charge in [-0.2, -0.15) is 0 Å². The van der Waals surface area contributed by atoms with E-state index in [9.17, 15) is 4.79 Å². The number of carbonyl (C=O) groups is 1. The Morgan fingerprint density at radius 2 is 1.83 bits per heavy atom. The first-order chi connectivity index (χ1) is 5.49. The van der Waals surface area contributed by atoms with Gasteiger partial charge in [0, 0.05) is 0 Å². The lowest BCUT2D eigenvalue weighted by molar-refractivity contribution is -0.112. The molecule has 0 aromatic rings. The van der Waals surface area contributed by atoms with Crippen molar-refractivity contribution < 1.29 is 4.79 Å². The third-order valence-electron chi connectivity index (χ3n) is 2.65. The Labute approximate surface area is 74.9 Å². The fourth-order valence-corrected chi connectivity index (χ4v) is 1.68. The average molecular weight is 166 g/mol. The summed E-state index contributed by atoms with van der Waals surface area (Å²) in [5.41, 5.74) is 1.84. The van der Waals surface area contributed by atoms with E-state index in [-0.39, 0.29) is 5.78 Å². The maximum atomic E-state index is 10.8. The normalized spacial score (nSPS) is 22.1. The lowest BCUT2D eigenvalue weighted by Crippen LogP contribution is -2.16. The Morgan fingerprint density at radius 1 is 1.33 bits per heavy atom. The predicted molar refractivity (Wildman–Crippen MR) is 51.0 cm³/mol. The fourth-order valence-electron chi connectivity index (χ4n) is 1.68. The zero-order chi connectivity index (χ0) is 9.19. The van der Waals surface area contributed by atoms with Gasteiger partial charge in [-0.05, 0) is 44.1 Å². The molecule has 1 heteroatoms. The summed E-state index contributed by atoms with van der Waals surface area (Å²) in [5.74, 6) is 0.199. The van der Waals surface area contributed by atoms with E-state index in [1.807, 2.05) is 6.08 Å². The van der Waals surface area contributed by atoms with Crippen LogP contribution < -0.4 is 0 Å². The summed E-state index contributed by atoms with van der Waals surface area (Å²) < 4.78 is 0. The van der Waals surface area contributed by atoms with Crippen LogP contribution in [0, 0.1) is 5.41 Å². The molecule has 0 aliphatic heterocycles. The molecular formula is C11H18O. The molecule has 1 nitrogen and oxygen atoms in total. The van der Waals surface area contributed by atoms with E-state index in [1.54, 1.807) is 6.92 Å². The molecule has 0 bridgehead atoms. The van der Waals surface area contributed by atoms with Crippen molar-refractivity contribution in [1.29, 1.82) is 0 Å². The second kappa shape index (κ2) is 3.42. The summed E-state index contributed by atoms with van der Waals surface area (Å²) in [7, 11) is 0. The summed E-state index contributed by atoms with van der Waals surface area (Å²) in [4.78, 5) is 10.8. The maximum absolute atomic E-state index is 10.8. The molecule has 0 atom stereocenters. The van der Waals surface area contributed by atoms with Gasteiger partial charge in [0.15, 0.2) is 5.78 Å². The minimum absolute atomic E-state index is 0.199. The number of carbonyl (C=O) groups excluding carboxylic acids is 1. The lowest BCUT2D eigenvalue weighted by Gasteiger charge is -2.30. The van der Waals surface area contributed by atoms with E-state index in [0.29, 0.717) is 5.41 Å². The molecule has 68 valence electrons. The van der Waals surface area contributed by atoms with Gasteiger partial charge in [-0.1, -0.05) is 19.4 Å². The molecule has 0 saturated heterocycles. The summed E-state index contributed by atoms with van der Waals surface area (Å²) in [5, 5.41) is 0. The standard InChI is InChI=1S/C11H18O/c1-9(12)8-10-4-6-11(2,3)7-5-10/h8H,4-7H2,1-3H3. The number of ketones is 1. The third-order valence-corrected chi connectivity index (χ3v) is 2.65. The van der Waals surface area contributed by atoms with E-state index in [2.05, 4.69) is 13.8 Å². The average Bonchev–Trinajstić information content (AvgIpc) is 1.93. The van der Waals surface area contributed by atoms with Crippen molar-refractivity contribution >= 4 is 5.78 Å². The van der Waals surface area contributed by atoms with E-state index in [4.69, 9.17) is 0 Å². The van der Waals surface area contributed by atoms with E-state index in [1.165, 1.54) is 18.4 Å². The van der Waals surface area contributed by atoms with Gasteiger partial charge in [-0.15, -0.1) is 0 Å². The Hall–Kier alpha value is -0.590. The molecule has 1 rings (SSSR count). The molecule has 0 spiro atoms. The molecule has 1 fully saturated rings. The molecule has 0 aromatic heterocycles. The molecular weight excluding hydrogens is 148 g/mol. The highest BCUT2D eigenvalue weighted by atomic mass is 16.1. The van der Waals surface area contributed by atoms with Crippen LogP contribution in [0.1, 0.15) is 46.5 Å². The van der Waals surface area contributed by atoms with Gasteiger partial charge in [-0.3, -0.25) is 4.79 Å². The van der Waals surface area contributed by atoms with Crippen LogP contribution >= 0.6 is 0 Å². The van der Waals surface area contributed by atoms with E-state index < -0.39 is 0 Å². The van der Waals surface area contributed by atoms with Crippen LogP contribution in [-0.2, 0) is 4.79 Å². The number of hydrogen-bond acceptors (Lipinski definition) is 1. The van der Waals surface area contributed by atoms with Crippen molar-refractivity contribution in [3.63, 3.8) is 0 Å². The molecule has 0 heterocycles. The van der Waals surface area contributed by atoms with Crippen molar-refractivity contribution in [2.24, 2.45) is 5.41 Å². The molecule has 1 aliphatic rings. The zero-order valence-corrected chi connectivity index (χ0v) is 8.31. The van der Waals surface area contributed by atoms with Crippen LogP contribution in [0.4, 0.5) is 0 Å². The summed E-state index contributed by atoms with van der Waals surface area (Å²) >= 11 is 0. The van der Waals surface area contributed by atoms with Crippen molar-refractivity contribution in [2.45, 2.75) is 46.5 Å². The molecule has 0 aromatic carbocycles. The molecule has 12 heavy (non-hydrogen) atoms. The summed E-state index contributed by atoms with van der Waals surface area (Å²) in [6.07, 6.45) is 6.51. The summed E-state index contributed by atoms with van der Waals surface area (Å²) in [6.45, 7) is 6.24. The Bertz CT molecular complexity index is 199. The minimum Gasteiger partial charge on any atom is -0.295 e. The molecule has 0 N–H and O–H groups in total. The highest BCUT2D eigenvalue weighted by Gasteiger charge is 2.23. The van der Waals surface area contributed by atoms with E-state index in [0.717, 1.165) is 12.8 Å². The van der Waals surface area contributed by atoms with Crippen LogP contribution in [0.25, 0.3) is 0 Å². The molecule has 0 radical (unpaired) electrons. The first-order valence-corrected chi connectivity index (χ1v) is 4.70. The largest absolute Gasteiger partial charge is 0.295 e. The Kier molecular flexibility index (Phi) is 2.71.